The fraction of sp³-hybridized carbons (Fsp3) is 0.600. The van der Waals surface area contributed by atoms with Crippen LogP contribution >= 0.6 is 0 Å². The lowest BCUT2D eigenvalue weighted by Gasteiger charge is -2.13. The quantitative estimate of drug-likeness (QED) is 0.701. The van der Waals surface area contributed by atoms with E-state index in [9.17, 15) is 4.79 Å². The van der Waals surface area contributed by atoms with Crippen molar-refractivity contribution in [1.82, 2.24) is 14.7 Å². The van der Waals surface area contributed by atoms with E-state index >= 15 is 0 Å². The molecule has 0 bridgehead atoms. The molecule has 0 aromatic carbocycles. The minimum Gasteiger partial charge on any atom is -0.336 e. The molecule has 2 N–H and O–H groups in total. The molecular formula is C10H16N4O. The largest absolute Gasteiger partial charge is 0.336 e. The van der Waals surface area contributed by atoms with Crippen molar-refractivity contribution >= 4 is 5.91 Å². The van der Waals surface area contributed by atoms with Crippen molar-refractivity contribution in [3.05, 3.63) is 17.5 Å². The Labute approximate surface area is 88.8 Å². The van der Waals surface area contributed by atoms with E-state index in [0.717, 1.165) is 18.7 Å². The van der Waals surface area contributed by atoms with Gasteiger partial charge in [0.25, 0.3) is 5.91 Å². The van der Waals surface area contributed by atoms with Crippen molar-refractivity contribution in [2.24, 2.45) is 12.8 Å². The van der Waals surface area contributed by atoms with Crippen LogP contribution in [-0.4, -0.2) is 39.7 Å². The second-order valence-corrected chi connectivity index (χ2v) is 4.09. The summed E-state index contributed by atoms with van der Waals surface area (Å²) >= 11 is 0. The summed E-state index contributed by atoms with van der Waals surface area (Å²) in [6.07, 6.45) is 0.886. The molecule has 0 saturated carbocycles. The molecule has 0 radical (unpaired) electrons. The van der Waals surface area contributed by atoms with Gasteiger partial charge in [-0.25, -0.2) is 0 Å². The van der Waals surface area contributed by atoms with Crippen LogP contribution in [0.4, 0.5) is 0 Å². The number of hydrogen-bond acceptors (Lipinski definition) is 3. The van der Waals surface area contributed by atoms with Crippen molar-refractivity contribution < 1.29 is 4.79 Å². The van der Waals surface area contributed by atoms with Crippen LogP contribution in [0.5, 0.6) is 0 Å². The lowest BCUT2D eigenvalue weighted by atomic mass is 10.3. The Morgan fingerprint density at radius 1 is 1.67 bits per heavy atom. The monoisotopic (exact) mass is 208 g/mol. The minimum atomic E-state index is -0.00773. The molecule has 1 aliphatic rings. The predicted octanol–water partition coefficient (Wildman–Crippen LogP) is -0.0983. The Hall–Kier alpha value is -1.36. The highest BCUT2D eigenvalue weighted by molar-refractivity contribution is 5.92. The average molecular weight is 208 g/mol. The highest BCUT2D eigenvalue weighted by Gasteiger charge is 2.26. The summed E-state index contributed by atoms with van der Waals surface area (Å²) in [7, 11) is 1.84. The van der Waals surface area contributed by atoms with Crippen molar-refractivity contribution in [1.29, 1.82) is 0 Å². The van der Waals surface area contributed by atoms with Gasteiger partial charge in [0.05, 0.1) is 0 Å². The van der Waals surface area contributed by atoms with Gasteiger partial charge in [-0.3, -0.25) is 9.48 Å². The molecule has 1 fully saturated rings. The van der Waals surface area contributed by atoms with Crippen LogP contribution in [0.3, 0.4) is 0 Å². The van der Waals surface area contributed by atoms with Crippen LogP contribution < -0.4 is 5.73 Å². The molecule has 1 saturated heterocycles. The van der Waals surface area contributed by atoms with E-state index in [-0.39, 0.29) is 11.9 Å². The molecule has 1 aromatic heterocycles. The Morgan fingerprint density at radius 3 is 2.87 bits per heavy atom. The Kier molecular flexibility index (Phi) is 2.48. The summed E-state index contributed by atoms with van der Waals surface area (Å²) < 4.78 is 1.71. The number of likely N-dealkylation sites (tertiary alicyclic amines) is 1. The number of hydrogen-bond donors (Lipinski definition) is 1. The number of rotatable bonds is 1. The van der Waals surface area contributed by atoms with Gasteiger partial charge in [0.1, 0.15) is 0 Å². The van der Waals surface area contributed by atoms with Gasteiger partial charge in [-0.15, -0.1) is 0 Å². The average Bonchev–Trinajstić information content (AvgIpc) is 2.74. The third kappa shape index (κ3) is 1.87. The van der Waals surface area contributed by atoms with E-state index in [1.54, 1.807) is 9.58 Å². The van der Waals surface area contributed by atoms with E-state index in [4.69, 9.17) is 5.73 Å². The van der Waals surface area contributed by atoms with Gasteiger partial charge in [0, 0.05) is 31.9 Å². The fourth-order valence-electron chi connectivity index (χ4n) is 1.80. The molecular weight excluding hydrogens is 192 g/mol. The molecule has 5 heteroatoms. The second-order valence-electron chi connectivity index (χ2n) is 4.09. The zero-order valence-electron chi connectivity index (χ0n) is 9.10. The third-order valence-corrected chi connectivity index (χ3v) is 2.84. The molecule has 1 amide bonds. The molecule has 2 rings (SSSR count). The molecule has 82 valence electrons. The Balaban J connectivity index is 2.14. The maximum absolute atomic E-state index is 12.0. The summed E-state index contributed by atoms with van der Waals surface area (Å²) in [5.74, 6) is -0.00773. The Bertz CT molecular complexity index is 365. The summed E-state index contributed by atoms with van der Waals surface area (Å²) in [6.45, 7) is 3.32. The van der Waals surface area contributed by atoms with Crippen LogP contribution in [0.25, 0.3) is 0 Å². The number of aromatic nitrogens is 2. The standard InChI is InChI=1S/C10H16N4O/c1-7-5-9(12-13(7)2)10(15)14-4-3-8(11)6-14/h5,8H,3-4,6,11H2,1-2H3. The van der Waals surface area contributed by atoms with Crippen LogP contribution in [0.1, 0.15) is 22.6 Å². The number of carbonyl (C=O) groups excluding carboxylic acids is 1. The lowest BCUT2D eigenvalue weighted by Crippen LogP contribution is -2.32. The van der Waals surface area contributed by atoms with Gasteiger partial charge in [0.2, 0.25) is 0 Å². The molecule has 1 aromatic rings. The van der Waals surface area contributed by atoms with E-state index in [1.807, 2.05) is 20.0 Å². The van der Waals surface area contributed by atoms with E-state index in [0.29, 0.717) is 12.2 Å². The molecule has 1 atom stereocenters. The van der Waals surface area contributed by atoms with Gasteiger partial charge < -0.3 is 10.6 Å². The first-order chi connectivity index (χ1) is 7.08. The molecule has 2 heterocycles. The number of amides is 1. The van der Waals surface area contributed by atoms with E-state index < -0.39 is 0 Å². The van der Waals surface area contributed by atoms with Crippen LogP contribution in [0.15, 0.2) is 6.07 Å². The SMILES string of the molecule is Cc1cc(C(=O)N2CCC(N)C2)nn1C. The van der Waals surface area contributed by atoms with E-state index in [1.165, 1.54) is 0 Å². The summed E-state index contributed by atoms with van der Waals surface area (Å²) in [6, 6.07) is 1.94. The molecule has 1 aliphatic heterocycles. The minimum absolute atomic E-state index is 0.00773. The van der Waals surface area contributed by atoms with Gasteiger partial charge in [-0.05, 0) is 19.4 Å². The first-order valence-corrected chi connectivity index (χ1v) is 5.13. The molecule has 15 heavy (non-hydrogen) atoms. The maximum atomic E-state index is 12.0. The van der Waals surface area contributed by atoms with Crippen LogP contribution in [-0.2, 0) is 7.05 Å². The van der Waals surface area contributed by atoms with Crippen molar-refractivity contribution in [3.63, 3.8) is 0 Å². The third-order valence-electron chi connectivity index (χ3n) is 2.84. The van der Waals surface area contributed by atoms with Gasteiger partial charge in [-0.2, -0.15) is 5.10 Å². The first-order valence-electron chi connectivity index (χ1n) is 5.13. The van der Waals surface area contributed by atoms with Crippen LogP contribution in [0.2, 0.25) is 0 Å². The predicted molar refractivity (Wildman–Crippen MR) is 56.4 cm³/mol. The summed E-state index contributed by atoms with van der Waals surface area (Å²) in [5, 5.41) is 4.16. The van der Waals surface area contributed by atoms with Crippen molar-refractivity contribution in [3.8, 4) is 0 Å². The second kappa shape index (κ2) is 3.66. The van der Waals surface area contributed by atoms with Crippen LogP contribution in [0, 0.1) is 6.92 Å². The van der Waals surface area contributed by atoms with Crippen molar-refractivity contribution in [2.45, 2.75) is 19.4 Å². The Morgan fingerprint density at radius 2 is 2.40 bits per heavy atom. The molecule has 5 nitrogen and oxygen atoms in total. The molecule has 1 unspecified atom stereocenters. The zero-order chi connectivity index (χ0) is 11.0. The van der Waals surface area contributed by atoms with Gasteiger partial charge in [-0.1, -0.05) is 0 Å². The number of carbonyl (C=O) groups is 1. The summed E-state index contributed by atoms with van der Waals surface area (Å²) in [5.41, 5.74) is 7.26. The van der Waals surface area contributed by atoms with Crippen molar-refractivity contribution in [2.75, 3.05) is 13.1 Å². The highest BCUT2D eigenvalue weighted by Crippen LogP contribution is 2.12. The molecule has 0 spiro atoms. The molecule has 0 aliphatic carbocycles. The summed E-state index contributed by atoms with van der Waals surface area (Å²) in [4.78, 5) is 13.7. The topological polar surface area (TPSA) is 64.2 Å². The number of nitrogens with two attached hydrogens (primary N) is 1. The maximum Gasteiger partial charge on any atom is 0.274 e. The number of aryl methyl sites for hydroxylation is 2. The first kappa shape index (κ1) is 10.2. The van der Waals surface area contributed by atoms with Gasteiger partial charge >= 0.3 is 0 Å². The smallest absolute Gasteiger partial charge is 0.274 e. The normalized spacial score (nSPS) is 21.0. The van der Waals surface area contributed by atoms with E-state index in [2.05, 4.69) is 5.10 Å². The van der Waals surface area contributed by atoms with Gasteiger partial charge in [0.15, 0.2) is 5.69 Å². The highest BCUT2D eigenvalue weighted by atomic mass is 16.2. The lowest BCUT2D eigenvalue weighted by molar-refractivity contribution is 0.0784. The number of nitrogens with zero attached hydrogens (tertiary/aromatic N) is 3. The zero-order valence-corrected chi connectivity index (χ0v) is 9.10. The fourth-order valence-corrected chi connectivity index (χ4v) is 1.80.